The van der Waals surface area contributed by atoms with E-state index >= 15 is 0 Å². The molecule has 1 aliphatic carbocycles. The highest BCUT2D eigenvalue weighted by atomic mass is 19.4. The lowest BCUT2D eigenvalue weighted by atomic mass is 9.72. The number of piperidine rings is 1. The first-order valence-corrected chi connectivity index (χ1v) is 13.8. The van der Waals surface area contributed by atoms with Gasteiger partial charge in [0.1, 0.15) is 11.6 Å². The summed E-state index contributed by atoms with van der Waals surface area (Å²) in [6.45, 7) is 3.61. The standard InChI is InChI=1S/C30H39F3N4O3/c1-19-25(28(38)35(2)3)9-10-26(34-19)37-13-11-20(12-14-37)15-21-16-23(17-21)36(4)29(39)27(30(31,32)33)22-7-6-8-24(18-22)40-5/h6-10,18,20-21,23,27H,11-17H2,1-5H3. The molecule has 2 aliphatic rings. The fourth-order valence-corrected chi connectivity index (χ4v) is 5.95. The van der Waals surface area contributed by atoms with Crippen LogP contribution in [0.5, 0.6) is 5.75 Å². The number of aryl methyl sites for hydroxylation is 1. The van der Waals surface area contributed by atoms with Gasteiger partial charge in [-0.2, -0.15) is 13.2 Å². The van der Waals surface area contributed by atoms with Crippen molar-refractivity contribution >= 4 is 17.6 Å². The van der Waals surface area contributed by atoms with Gasteiger partial charge in [-0.3, -0.25) is 9.59 Å². The number of halogens is 3. The predicted octanol–water partition coefficient (Wildman–Crippen LogP) is 5.29. The number of amides is 2. The minimum absolute atomic E-state index is 0.0596. The van der Waals surface area contributed by atoms with Crippen molar-refractivity contribution in [3.05, 3.63) is 53.2 Å². The van der Waals surface area contributed by atoms with Gasteiger partial charge in [0.15, 0.2) is 5.92 Å². The van der Waals surface area contributed by atoms with E-state index in [0.717, 1.165) is 56.7 Å². The van der Waals surface area contributed by atoms with Gasteiger partial charge in [0.2, 0.25) is 5.91 Å². The molecule has 1 saturated heterocycles. The van der Waals surface area contributed by atoms with Crippen molar-refractivity contribution < 1.29 is 27.5 Å². The van der Waals surface area contributed by atoms with Gasteiger partial charge in [-0.1, -0.05) is 12.1 Å². The van der Waals surface area contributed by atoms with E-state index < -0.39 is 18.0 Å². The summed E-state index contributed by atoms with van der Waals surface area (Å²) in [6, 6.07) is 9.23. The van der Waals surface area contributed by atoms with Gasteiger partial charge in [-0.15, -0.1) is 0 Å². The van der Waals surface area contributed by atoms with E-state index in [2.05, 4.69) is 9.88 Å². The van der Waals surface area contributed by atoms with Gasteiger partial charge in [-0.05, 0) is 80.7 Å². The Labute approximate surface area is 234 Å². The van der Waals surface area contributed by atoms with Crippen LogP contribution in [0.25, 0.3) is 0 Å². The molecule has 2 fully saturated rings. The maximum absolute atomic E-state index is 14.0. The van der Waals surface area contributed by atoms with E-state index in [0.29, 0.717) is 23.1 Å². The van der Waals surface area contributed by atoms with E-state index in [-0.39, 0.29) is 17.5 Å². The van der Waals surface area contributed by atoms with E-state index in [9.17, 15) is 22.8 Å². The molecule has 1 saturated carbocycles. The summed E-state index contributed by atoms with van der Waals surface area (Å²) in [6.07, 6.45) is -0.180. The maximum Gasteiger partial charge on any atom is 0.404 e. The number of ether oxygens (including phenoxy) is 1. The molecule has 40 heavy (non-hydrogen) atoms. The van der Waals surface area contributed by atoms with E-state index in [1.54, 1.807) is 25.1 Å². The zero-order chi connectivity index (χ0) is 29.2. The molecule has 1 aliphatic heterocycles. The fourth-order valence-electron chi connectivity index (χ4n) is 5.95. The molecule has 1 aromatic carbocycles. The Bertz CT molecular complexity index is 1200. The highest BCUT2D eigenvalue weighted by Crippen LogP contribution is 2.42. The average Bonchev–Trinajstić information content (AvgIpc) is 2.89. The van der Waals surface area contributed by atoms with Crippen LogP contribution in [0.4, 0.5) is 19.0 Å². The van der Waals surface area contributed by atoms with Crippen LogP contribution in [0.2, 0.25) is 0 Å². The highest BCUT2D eigenvalue weighted by Gasteiger charge is 2.49. The van der Waals surface area contributed by atoms with E-state index in [4.69, 9.17) is 4.74 Å². The van der Waals surface area contributed by atoms with Crippen LogP contribution in [0, 0.1) is 18.8 Å². The highest BCUT2D eigenvalue weighted by molar-refractivity contribution is 5.95. The predicted molar refractivity (Wildman–Crippen MR) is 148 cm³/mol. The second-order valence-corrected chi connectivity index (χ2v) is 11.4. The van der Waals surface area contributed by atoms with Crippen LogP contribution >= 0.6 is 0 Å². The molecule has 4 rings (SSSR count). The summed E-state index contributed by atoms with van der Waals surface area (Å²) < 4.78 is 47.0. The second-order valence-electron chi connectivity index (χ2n) is 11.4. The second kappa shape index (κ2) is 12.1. The number of likely N-dealkylation sites (N-methyl/N-ethyl adjacent to an activating group) is 1. The van der Waals surface area contributed by atoms with Crippen LogP contribution in [0.1, 0.15) is 59.6 Å². The number of anilines is 1. The average molecular weight is 561 g/mol. The summed E-state index contributed by atoms with van der Waals surface area (Å²) in [5.74, 6) is -1.06. The Kier molecular flexibility index (Phi) is 8.95. The lowest BCUT2D eigenvalue weighted by Crippen LogP contribution is -2.49. The van der Waals surface area contributed by atoms with Gasteiger partial charge < -0.3 is 19.4 Å². The van der Waals surface area contributed by atoms with Crippen LogP contribution in [0.3, 0.4) is 0 Å². The minimum atomic E-state index is -4.69. The first-order valence-electron chi connectivity index (χ1n) is 13.8. The summed E-state index contributed by atoms with van der Waals surface area (Å²) in [5.41, 5.74) is 1.23. The molecule has 1 aromatic heterocycles. The van der Waals surface area contributed by atoms with Crippen LogP contribution in [-0.2, 0) is 4.79 Å². The number of carbonyl (C=O) groups excluding carboxylic acids is 2. The van der Waals surface area contributed by atoms with Crippen LogP contribution < -0.4 is 9.64 Å². The number of nitrogens with zero attached hydrogens (tertiary/aromatic N) is 4. The first kappa shape index (κ1) is 29.7. The number of methoxy groups -OCH3 is 1. The Morgan fingerprint density at radius 1 is 1.07 bits per heavy atom. The molecule has 2 heterocycles. The molecule has 7 nitrogen and oxygen atoms in total. The van der Waals surface area contributed by atoms with Crippen molar-refractivity contribution in [3.63, 3.8) is 0 Å². The number of aromatic nitrogens is 1. The Morgan fingerprint density at radius 3 is 2.33 bits per heavy atom. The molecule has 0 bridgehead atoms. The minimum Gasteiger partial charge on any atom is -0.497 e. The van der Waals surface area contributed by atoms with Gasteiger partial charge in [0.05, 0.1) is 18.4 Å². The van der Waals surface area contributed by atoms with Crippen LogP contribution in [-0.4, -0.2) is 80.2 Å². The zero-order valence-electron chi connectivity index (χ0n) is 23.9. The molecule has 1 atom stereocenters. The maximum atomic E-state index is 14.0. The number of hydrogen-bond donors (Lipinski definition) is 0. The lowest BCUT2D eigenvalue weighted by Gasteiger charge is -2.44. The molecule has 2 aromatic rings. The lowest BCUT2D eigenvalue weighted by molar-refractivity contribution is -0.174. The summed E-state index contributed by atoms with van der Waals surface area (Å²) in [4.78, 5) is 35.1. The van der Waals surface area contributed by atoms with Crippen molar-refractivity contribution in [1.82, 2.24) is 14.8 Å². The molecule has 0 N–H and O–H groups in total. The number of benzene rings is 1. The van der Waals surface area contributed by atoms with Crippen molar-refractivity contribution in [2.75, 3.05) is 46.2 Å². The molecular formula is C30H39F3N4O3. The molecular weight excluding hydrogens is 521 g/mol. The Morgan fingerprint density at radius 2 is 1.75 bits per heavy atom. The first-order chi connectivity index (χ1) is 18.9. The molecule has 1 unspecified atom stereocenters. The number of pyridine rings is 1. The van der Waals surface area contributed by atoms with Crippen molar-refractivity contribution in [2.45, 2.75) is 57.2 Å². The molecule has 2 amide bonds. The number of hydrogen-bond acceptors (Lipinski definition) is 5. The number of rotatable bonds is 8. The quantitative estimate of drug-likeness (QED) is 0.439. The smallest absolute Gasteiger partial charge is 0.404 e. The van der Waals surface area contributed by atoms with Gasteiger partial charge in [0.25, 0.3) is 5.91 Å². The normalized spacial score (nSPS) is 20.4. The Hall–Kier alpha value is -3.30. The van der Waals surface area contributed by atoms with Crippen molar-refractivity contribution in [1.29, 1.82) is 0 Å². The van der Waals surface area contributed by atoms with Crippen LogP contribution in [0.15, 0.2) is 36.4 Å². The third kappa shape index (κ3) is 6.53. The van der Waals surface area contributed by atoms with Gasteiger partial charge in [-0.25, -0.2) is 4.98 Å². The largest absolute Gasteiger partial charge is 0.497 e. The van der Waals surface area contributed by atoms with Gasteiger partial charge >= 0.3 is 6.18 Å². The van der Waals surface area contributed by atoms with E-state index in [1.807, 2.05) is 19.1 Å². The molecule has 0 spiro atoms. The van der Waals surface area contributed by atoms with E-state index in [1.165, 1.54) is 37.3 Å². The molecule has 0 radical (unpaired) electrons. The number of carbonyl (C=O) groups is 2. The molecule has 10 heteroatoms. The zero-order valence-corrected chi connectivity index (χ0v) is 23.9. The Balaban J connectivity index is 1.28. The fraction of sp³-hybridized carbons (Fsp3) is 0.567. The summed E-state index contributed by atoms with van der Waals surface area (Å²) in [5, 5.41) is 0. The SMILES string of the molecule is COc1cccc(C(C(=O)N(C)C2CC(CC3CCN(c4ccc(C(=O)N(C)C)c(C)n4)CC3)C2)C(F)(F)F)c1. The topological polar surface area (TPSA) is 66.0 Å². The number of alkyl halides is 3. The van der Waals surface area contributed by atoms with Gasteiger partial charge in [0, 0.05) is 40.3 Å². The summed E-state index contributed by atoms with van der Waals surface area (Å²) in [7, 11) is 6.33. The third-order valence-corrected chi connectivity index (χ3v) is 8.42. The monoisotopic (exact) mass is 560 g/mol. The molecule has 218 valence electrons. The van der Waals surface area contributed by atoms with Crippen molar-refractivity contribution in [2.24, 2.45) is 11.8 Å². The third-order valence-electron chi connectivity index (χ3n) is 8.42. The summed E-state index contributed by atoms with van der Waals surface area (Å²) >= 11 is 0. The van der Waals surface area contributed by atoms with Crippen molar-refractivity contribution in [3.8, 4) is 5.75 Å².